The van der Waals surface area contributed by atoms with Crippen LogP contribution in [-0.2, 0) is 27.1 Å². The van der Waals surface area contributed by atoms with E-state index in [2.05, 4.69) is 5.48 Å². The molecule has 1 N–H and O–H groups in total. The summed E-state index contributed by atoms with van der Waals surface area (Å²) >= 11 is 1.66. The second-order valence-electron chi connectivity index (χ2n) is 9.04. The number of carbonyl (C=O) groups is 1. The normalized spacial score (nSPS) is 24.0. The lowest BCUT2D eigenvalue weighted by atomic mass is 9.86. The molecule has 2 fully saturated rings. The molecule has 3 aliphatic heterocycles. The zero-order valence-electron chi connectivity index (χ0n) is 18.4. The molecule has 2 saturated heterocycles. The first-order valence-corrected chi connectivity index (χ1v) is 12.1. The van der Waals surface area contributed by atoms with Gasteiger partial charge < -0.3 is 4.90 Å². The molecule has 5 rings (SSSR count). The van der Waals surface area contributed by atoms with E-state index < -0.39 is 34.7 Å². The number of hydrogen-bond donors (Lipinski definition) is 1. The largest absolute Gasteiger partial charge is 0.428 e. The van der Waals surface area contributed by atoms with Crippen molar-refractivity contribution in [1.29, 1.82) is 0 Å². The fourth-order valence-electron chi connectivity index (χ4n) is 4.37. The maximum Gasteiger partial charge on any atom is 0.428 e. The molecule has 0 aromatic heterocycles. The van der Waals surface area contributed by atoms with Gasteiger partial charge in [-0.1, -0.05) is 36.4 Å². The van der Waals surface area contributed by atoms with Crippen molar-refractivity contribution in [1.82, 2.24) is 10.4 Å². The zero-order valence-corrected chi connectivity index (χ0v) is 19.2. The third-order valence-corrected chi connectivity index (χ3v) is 7.90. The van der Waals surface area contributed by atoms with Gasteiger partial charge in [-0.25, -0.2) is 4.39 Å². The summed E-state index contributed by atoms with van der Waals surface area (Å²) in [7, 11) is 0. The highest BCUT2D eigenvalue weighted by atomic mass is 32.2. The molecule has 0 spiro atoms. The number of thioether (sulfide) groups is 1. The Hall–Kier alpha value is -2.73. The number of halogens is 7. The summed E-state index contributed by atoms with van der Waals surface area (Å²) in [5.41, 5.74) is -3.67. The number of amides is 1. The molecular formula is C24H19F7N2O2S. The van der Waals surface area contributed by atoms with Crippen molar-refractivity contribution in [2.75, 3.05) is 24.6 Å². The number of benzene rings is 2. The van der Waals surface area contributed by atoms with Gasteiger partial charge in [0.1, 0.15) is 0 Å². The van der Waals surface area contributed by atoms with E-state index in [9.17, 15) is 31.1 Å². The van der Waals surface area contributed by atoms with Crippen molar-refractivity contribution in [2.24, 2.45) is 5.92 Å². The van der Waals surface area contributed by atoms with E-state index in [1.165, 1.54) is 29.2 Å². The van der Waals surface area contributed by atoms with Gasteiger partial charge in [-0.05, 0) is 34.9 Å². The quantitative estimate of drug-likeness (QED) is 0.535. The summed E-state index contributed by atoms with van der Waals surface area (Å²) in [6.07, 6.45) is -8.95. The Balaban J connectivity index is 1.36. The number of hydroxylamine groups is 1. The Morgan fingerprint density at radius 2 is 1.53 bits per heavy atom. The molecular weight excluding hydrogens is 513 g/mol. The lowest BCUT2D eigenvalue weighted by Gasteiger charge is -2.46. The van der Waals surface area contributed by atoms with Crippen LogP contribution in [-0.4, -0.2) is 41.6 Å². The van der Waals surface area contributed by atoms with Crippen LogP contribution in [0.3, 0.4) is 0 Å². The Morgan fingerprint density at radius 3 is 2.03 bits per heavy atom. The highest BCUT2D eigenvalue weighted by Gasteiger charge is 2.59. The number of carbonyl (C=O) groups excluding carboxylic acids is 1. The molecule has 3 aliphatic rings. The molecule has 2 aromatic carbocycles. The Bertz CT molecular complexity index is 1180. The van der Waals surface area contributed by atoms with Gasteiger partial charge in [0.25, 0.3) is 0 Å². The molecule has 3 heterocycles. The summed E-state index contributed by atoms with van der Waals surface area (Å²) < 4.78 is 96.0. The van der Waals surface area contributed by atoms with Crippen LogP contribution in [0.25, 0.3) is 5.70 Å². The summed E-state index contributed by atoms with van der Waals surface area (Å²) in [6, 6.07) is 8.28. The summed E-state index contributed by atoms with van der Waals surface area (Å²) in [5, 5.41) is 0. The van der Waals surface area contributed by atoms with Gasteiger partial charge in [0, 0.05) is 11.5 Å². The smallest absolute Gasteiger partial charge is 0.335 e. The van der Waals surface area contributed by atoms with Gasteiger partial charge in [-0.2, -0.15) is 38.1 Å². The van der Waals surface area contributed by atoms with E-state index in [4.69, 9.17) is 4.84 Å². The van der Waals surface area contributed by atoms with Crippen LogP contribution in [0.5, 0.6) is 0 Å². The molecule has 0 bridgehead atoms. The lowest BCUT2D eigenvalue weighted by molar-refractivity contribution is -0.269. The molecule has 1 atom stereocenters. The van der Waals surface area contributed by atoms with Crippen LogP contribution in [0.4, 0.5) is 30.7 Å². The maximum absolute atomic E-state index is 15.3. The molecule has 0 aliphatic carbocycles. The monoisotopic (exact) mass is 532 g/mol. The van der Waals surface area contributed by atoms with Crippen LogP contribution in [0.1, 0.15) is 22.3 Å². The second-order valence-corrected chi connectivity index (χ2v) is 10.1. The SMILES string of the molecule is O=C(C1CSC1)N1CC(F)(c2ccc(C3=CC(c4ccc(C(F)(F)F)cc4)(C(F)(F)F)ON3)cc2)C1. The molecule has 0 saturated carbocycles. The van der Waals surface area contributed by atoms with Crippen molar-refractivity contribution >= 4 is 23.4 Å². The van der Waals surface area contributed by atoms with Gasteiger partial charge in [0.15, 0.2) is 5.67 Å². The van der Waals surface area contributed by atoms with Crippen molar-refractivity contribution < 1.29 is 40.4 Å². The highest BCUT2D eigenvalue weighted by Crippen LogP contribution is 2.48. The molecule has 12 heteroatoms. The first-order valence-electron chi connectivity index (χ1n) is 10.9. The van der Waals surface area contributed by atoms with Crippen LogP contribution >= 0.6 is 11.8 Å². The van der Waals surface area contributed by atoms with Crippen molar-refractivity contribution in [3.8, 4) is 0 Å². The van der Waals surface area contributed by atoms with Gasteiger partial charge in [-0.3, -0.25) is 15.1 Å². The molecule has 2 aromatic rings. The summed E-state index contributed by atoms with van der Waals surface area (Å²) in [4.78, 5) is 18.6. The minimum Gasteiger partial charge on any atom is -0.335 e. The first kappa shape index (κ1) is 24.9. The van der Waals surface area contributed by atoms with Crippen LogP contribution in [0, 0.1) is 5.92 Å². The molecule has 36 heavy (non-hydrogen) atoms. The number of nitrogens with zero attached hydrogens (tertiary/aromatic N) is 1. The first-order chi connectivity index (χ1) is 16.8. The van der Waals surface area contributed by atoms with Crippen molar-refractivity contribution in [3.63, 3.8) is 0 Å². The third-order valence-electron chi connectivity index (χ3n) is 6.63. The number of likely N-dealkylation sites (tertiary alicyclic amines) is 1. The van der Waals surface area contributed by atoms with Crippen LogP contribution in [0.15, 0.2) is 54.6 Å². The van der Waals surface area contributed by atoms with Crippen molar-refractivity contribution in [2.45, 2.75) is 23.6 Å². The number of alkyl halides is 7. The van der Waals surface area contributed by atoms with E-state index in [1.807, 2.05) is 0 Å². The Labute approximate surface area is 205 Å². The molecule has 192 valence electrons. The van der Waals surface area contributed by atoms with E-state index >= 15 is 4.39 Å². The predicted molar refractivity (Wildman–Crippen MR) is 118 cm³/mol. The number of rotatable bonds is 4. The van der Waals surface area contributed by atoms with Gasteiger partial charge in [0.05, 0.1) is 30.3 Å². The number of nitrogens with one attached hydrogen (secondary N) is 1. The molecule has 1 amide bonds. The average molecular weight is 532 g/mol. The average Bonchev–Trinajstić information content (AvgIpc) is 3.22. The van der Waals surface area contributed by atoms with E-state index in [0.717, 1.165) is 29.7 Å². The van der Waals surface area contributed by atoms with Gasteiger partial charge in [0.2, 0.25) is 11.5 Å². The minimum atomic E-state index is -4.99. The standard InChI is InChI=1S/C24H19F7N2O2S/c25-21(12-33(13-21)20(34)15-10-36-11-15)16-3-1-14(2-4-16)19-9-22(35-32-19,24(29,30)31)17-5-7-18(8-6-17)23(26,27)28/h1-9,15,32H,10-13H2. The number of hydrogen-bond acceptors (Lipinski definition) is 4. The lowest BCUT2D eigenvalue weighted by Crippen LogP contribution is -2.61. The minimum absolute atomic E-state index is 0.0668. The Morgan fingerprint density at radius 1 is 0.944 bits per heavy atom. The Kier molecular flexibility index (Phi) is 5.82. The van der Waals surface area contributed by atoms with Crippen molar-refractivity contribution in [3.05, 3.63) is 76.9 Å². The summed E-state index contributed by atoms with van der Waals surface area (Å²) in [5.74, 6) is 1.34. The molecule has 0 radical (unpaired) electrons. The van der Waals surface area contributed by atoms with Crippen LogP contribution in [0.2, 0.25) is 0 Å². The predicted octanol–water partition coefficient (Wildman–Crippen LogP) is 5.41. The fraction of sp³-hybridized carbons (Fsp3) is 0.375. The molecule has 4 nitrogen and oxygen atoms in total. The topological polar surface area (TPSA) is 41.6 Å². The third kappa shape index (κ3) is 4.13. The highest BCUT2D eigenvalue weighted by molar-refractivity contribution is 8.00. The zero-order chi connectivity index (χ0) is 25.9. The van der Waals surface area contributed by atoms with Crippen LogP contribution < -0.4 is 5.48 Å². The maximum atomic E-state index is 15.3. The van der Waals surface area contributed by atoms with E-state index in [-0.39, 0.29) is 36.2 Å². The fourth-order valence-corrected chi connectivity index (χ4v) is 5.13. The van der Waals surface area contributed by atoms with Gasteiger partial charge in [-0.15, -0.1) is 0 Å². The van der Waals surface area contributed by atoms with E-state index in [0.29, 0.717) is 17.7 Å². The van der Waals surface area contributed by atoms with E-state index in [1.54, 1.807) is 11.8 Å². The summed E-state index contributed by atoms with van der Waals surface area (Å²) in [6.45, 7) is -0.164. The molecule has 1 unspecified atom stereocenters. The van der Waals surface area contributed by atoms with Gasteiger partial charge >= 0.3 is 12.4 Å². The second kappa shape index (κ2) is 8.41.